The first-order chi connectivity index (χ1) is 13.4. The van der Waals surface area contributed by atoms with Crippen molar-refractivity contribution in [3.05, 3.63) is 66.2 Å². The van der Waals surface area contributed by atoms with Crippen LogP contribution in [-0.2, 0) is 27.2 Å². The molecule has 0 aromatic heterocycles. The van der Waals surface area contributed by atoms with Gasteiger partial charge >= 0.3 is 15.2 Å². The highest BCUT2D eigenvalue weighted by molar-refractivity contribution is 7.55. The molecule has 0 saturated carbocycles. The van der Waals surface area contributed by atoms with Crippen molar-refractivity contribution in [2.75, 3.05) is 33.8 Å². The van der Waals surface area contributed by atoms with E-state index >= 15 is 0 Å². The van der Waals surface area contributed by atoms with Crippen LogP contribution >= 0.6 is 15.2 Å². The van der Waals surface area contributed by atoms with Crippen LogP contribution in [0.3, 0.4) is 0 Å². The van der Waals surface area contributed by atoms with E-state index in [1.807, 2.05) is 60.7 Å². The molecule has 0 spiro atoms. The van der Waals surface area contributed by atoms with E-state index in [1.165, 1.54) is 28.4 Å². The summed E-state index contributed by atoms with van der Waals surface area (Å²) in [7, 11) is -1.77. The van der Waals surface area contributed by atoms with Gasteiger partial charge in [-0.2, -0.15) is 0 Å². The Morgan fingerprint density at radius 2 is 1.21 bits per heavy atom. The second-order valence-electron chi connectivity index (χ2n) is 6.00. The molecule has 2 aromatic carbocycles. The maximum Gasteiger partial charge on any atom is 0.352 e. The molecular formula is C19H27NO6P2. The lowest BCUT2D eigenvalue weighted by atomic mass is 10.1. The van der Waals surface area contributed by atoms with Crippen LogP contribution < -0.4 is 5.32 Å². The van der Waals surface area contributed by atoms with Crippen LogP contribution in [0, 0.1) is 0 Å². The second-order valence-corrected chi connectivity index (χ2v) is 10.9. The van der Waals surface area contributed by atoms with Gasteiger partial charge in [-0.3, -0.25) is 9.13 Å². The summed E-state index contributed by atoms with van der Waals surface area (Å²) in [5.74, 6) is -0.784. The maximum absolute atomic E-state index is 13.3. The van der Waals surface area contributed by atoms with Gasteiger partial charge in [0.15, 0.2) is 0 Å². The topological polar surface area (TPSA) is 83.1 Å². The fourth-order valence-corrected chi connectivity index (χ4v) is 6.25. The molecule has 0 saturated heterocycles. The fourth-order valence-electron chi connectivity index (χ4n) is 2.99. The van der Waals surface area contributed by atoms with Crippen molar-refractivity contribution in [3.63, 3.8) is 0 Å². The molecule has 0 fully saturated rings. The summed E-state index contributed by atoms with van der Waals surface area (Å²) in [6.45, 7) is 0. The molecular weight excluding hydrogens is 400 g/mol. The predicted molar refractivity (Wildman–Crippen MR) is 111 cm³/mol. The number of hydrogen-bond acceptors (Lipinski definition) is 7. The number of anilines is 1. The highest BCUT2D eigenvalue weighted by Crippen LogP contribution is 2.65. The summed E-state index contributed by atoms with van der Waals surface area (Å²) in [4.78, 5) is 0. The van der Waals surface area contributed by atoms with E-state index in [-0.39, 0.29) is 6.42 Å². The third-order valence-electron chi connectivity index (χ3n) is 4.52. The number of nitrogens with one attached hydrogen (secondary N) is 1. The first-order valence-electron chi connectivity index (χ1n) is 8.71. The summed E-state index contributed by atoms with van der Waals surface area (Å²) in [5, 5.41) is 3.20. The van der Waals surface area contributed by atoms with E-state index in [4.69, 9.17) is 18.1 Å². The molecule has 0 bridgehead atoms. The number of rotatable bonds is 11. The molecule has 7 nitrogen and oxygen atoms in total. The van der Waals surface area contributed by atoms with Crippen LogP contribution in [0.5, 0.6) is 0 Å². The lowest BCUT2D eigenvalue weighted by molar-refractivity contribution is 0.255. The van der Waals surface area contributed by atoms with Gasteiger partial charge in [-0.25, -0.2) is 0 Å². The van der Waals surface area contributed by atoms with Gasteiger partial charge in [0.1, 0.15) is 5.78 Å². The minimum absolute atomic E-state index is 0.136. The zero-order valence-electron chi connectivity index (χ0n) is 16.5. The van der Waals surface area contributed by atoms with Crippen LogP contribution in [0.15, 0.2) is 60.7 Å². The van der Waals surface area contributed by atoms with Crippen LogP contribution in [0.1, 0.15) is 17.6 Å². The molecule has 0 aliphatic heterocycles. The van der Waals surface area contributed by atoms with Crippen molar-refractivity contribution in [2.45, 2.75) is 17.9 Å². The fraction of sp³-hybridized carbons (Fsp3) is 0.368. The highest BCUT2D eigenvalue weighted by Gasteiger charge is 2.43. The SMILES string of the molecule is COP(=O)(OC)C(CC(c1ccccc1)P(=O)(OC)OC)Nc1ccccc1. The van der Waals surface area contributed by atoms with Gasteiger partial charge in [0.2, 0.25) is 0 Å². The van der Waals surface area contributed by atoms with Crippen LogP contribution in [-0.4, -0.2) is 34.2 Å². The van der Waals surface area contributed by atoms with Gasteiger partial charge in [-0.1, -0.05) is 48.5 Å². The van der Waals surface area contributed by atoms with Gasteiger partial charge < -0.3 is 23.4 Å². The van der Waals surface area contributed by atoms with E-state index in [2.05, 4.69) is 5.32 Å². The normalized spacial score (nSPS) is 14.4. The lowest BCUT2D eigenvalue weighted by Gasteiger charge is -2.31. The predicted octanol–water partition coefficient (Wildman–Crippen LogP) is 5.53. The van der Waals surface area contributed by atoms with E-state index in [1.54, 1.807) is 0 Å². The molecule has 28 heavy (non-hydrogen) atoms. The highest BCUT2D eigenvalue weighted by atomic mass is 31.2. The Morgan fingerprint density at radius 1 is 0.750 bits per heavy atom. The molecule has 9 heteroatoms. The average Bonchev–Trinajstić information content (AvgIpc) is 2.76. The van der Waals surface area contributed by atoms with Gasteiger partial charge in [0.25, 0.3) is 0 Å². The molecule has 0 amide bonds. The Labute approximate surface area is 166 Å². The zero-order valence-corrected chi connectivity index (χ0v) is 18.3. The number of benzene rings is 2. The third kappa shape index (κ3) is 5.32. The summed E-state index contributed by atoms with van der Waals surface area (Å²) in [6.07, 6.45) is 0.136. The van der Waals surface area contributed by atoms with E-state index < -0.39 is 26.6 Å². The summed E-state index contributed by atoms with van der Waals surface area (Å²) in [5.41, 5.74) is 0.801. The third-order valence-corrected chi connectivity index (χ3v) is 8.93. The first kappa shape index (κ1) is 22.8. The van der Waals surface area contributed by atoms with Crippen molar-refractivity contribution in [1.29, 1.82) is 0 Å². The standard InChI is InChI=1S/C19H27NO6P2/c1-23-27(21,24-2)18(16-11-7-5-8-12-16)15-19(28(22,25-3)26-4)20-17-13-9-6-10-14-17/h5-14,18-20H,15H2,1-4H3. The average molecular weight is 427 g/mol. The van der Waals surface area contributed by atoms with Gasteiger partial charge in [-0.15, -0.1) is 0 Å². The molecule has 0 aliphatic rings. The van der Waals surface area contributed by atoms with E-state index in [9.17, 15) is 9.13 Å². The molecule has 154 valence electrons. The Kier molecular flexibility index (Phi) is 8.44. The van der Waals surface area contributed by atoms with Crippen LogP contribution in [0.2, 0.25) is 0 Å². The minimum atomic E-state index is -3.56. The van der Waals surface area contributed by atoms with Crippen molar-refractivity contribution >= 4 is 20.9 Å². The molecule has 2 aromatic rings. The molecule has 0 aliphatic carbocycles. The Bertz CT molecular complexity index is 802. The zero-order chi connectivity index (χ0) is 20.6. The molecule has 1 N–H and O–H groups in total. The Balaban J connectivity index is 2.47. The van der Waals surface area contributed by atoms with Crippen molar-refractivity contribution in [1.82, 2.24) is 0 Å². The summed E-state index contributed by atoms with van der Waals surface area (Å²) < 4.78 is 47.6. The summed E-state index contributed by atoms with van der Waals surface area (Å²) >= 11 is 0. The second kappa shape index (κ2) is 10.4. The molecule has 2 rings (SSSR count). The largest absolute Gasteiger partial charge is 0.372 e. The van der Waals surface area contributed by atoms with Crippen molar-refractivity contribution in [3.8, 4) is 0 Å². The molecule has 2 unspecified atom stereocenters. The van der Waals surface area contributed by atoms with Crippen molar-refractivity contribution in [2.24, 2.45) is 0 Å². The Hall–Kier alpha value is -1.46. The molecule has 2 atom stereocenters. The quantitative estimate of drug-likeness (QED) is 0.472. The minimum Gasteiger partial charge on any atom is -0.372 e. The molecule has 0 radical (unpaired) electrons. The van der Waals surface area contributed by atoms with Crippen LogP contribution in [0.25, 0.3) is 0 Å². The monoisotopic (exact) mass is 427 g/mol. The number of hydrogen-bond donors (Lipinski definition) is 1. The van der Waals surface area contributed by atoms with Gasteiger partial charge in [0, 0.05) is 34.1 Å². The van der Waals surface area contributed by atoms with Crippen LogP contribution in [0.4, 0.5) is 5.69 Å². The van der Waals surface area contributed by atoms with E-state index in [0.717, 1.165) is 11.3 Å². The lowest BCUT2D eigenvalue weighted by Crippen LogP contribution is -2.25. The van der Waals surface area contributed by atoms with Crippen molar-refractivity contribution < 1.29 is 27.2 Å². The Morgan fingerprint density at radius 3 is 1.68 bits per heavy atom. The first-order valence-corrected chi connectivity index (χ1v) is 11.9. The smallest absolute Gasteiger partial charge is 0.352 e. The van der Waals surface area contributed by atoms with Gasteiger partial charge in [0.05, 0.1) is 5.66 Å². The van der Waals surface area contributed by atoms with Gasteiger partial charge in [-0.05, 0) is 24.1 Å². The van der Waals surface area contributed by atoms with E-state index in [0.29, 0.717) is 0 Å². The summed E-state index contributed by atoms with van der Waals surface area (Å²) in [6, 6.07) is 18.5. The number of para-hydroxylation sites is 1. The molecule has 0 heterocycles. The maximum atomic E-state index is 13.3.